The quantitative estimate of drug-likeness (QED) is 0.773. The van der Waals surface area contributed by atoms with Crippen LogP contribution in [0.4, 0.5) is 0 Å². The van der Waals surface area contributed by atoms with Crippen molar-refractivity contribution < 1.29 is 4.79 Å². The van der Waals surface area contributed by atoms with Gasteiger partial charge in [0.25, 0.3) is 0 Å². The van der Waals surface area contributed by atoms with Crippen LogP contribution < -0.4 is 0 Å². The molecule has 0 N–H and O–H groups in total. The van der Waals surface area contributed by atoms with E-state index in [1.807, 2.05) is 20.8 Å². The molecule has 0 fully saturated rings. The molecule has 0 aromatic carbocycles. The lowest BCUT2D eigenvalue weighted by Crippen LogP contribution is -2.41. The highest BCUT2D eigenvalue weighted by Gasteiger charge is 2.39. The summed E-state index contributed by atoms with van der Waals surface area (Å²) in [5, 5.41) is 9.53. The smallest absolute Gasteiger partial charge is 0.243 e. The SMILES string of the molecule is CCCC(C#N)(CCC)C(=O)N(C)Cc1scnc1C. The van der Waals surface area contributed by atoms with E-state index >= 15 is 0 Å². The normalized spacial score (nSPS) is 11.2. The maximum absolute atomic E-state index is 12.7. The molecule has 0 unspecified atom stereocenters. The number of rotatable bonds is 7. The third-order valence-electron chi connectivity index (χ3n) is 3.55. The summed E-state index contributed by atoms with van der Waals surface area (Å²) in [7, 11) is 1.78. The first-order valence-corrected chi connectivity index (χ1v) is 7.94. The third kappa shape index (κ3) is 3.57. The van der Waals surface area contributed by atoms with Crippen molar-refractivity contribution in [2.75, 3.05) is 7.05 Å². The third-order valence-corrected chi connectivity index (χ3v) is 4.47. The molecule has 1 aromatic heterocycles. The maximum atomic E-state index is 12.7. The highest BCUT2D eigenvalue weighted by atomic mass is 32.1. The van der Waals surface area contributed by atoms with E-state index in [-0.39, 0.29) is 5.91 Å². The van der Waals surface area contributed by atoms with E-state index in [9.17, 15) is 10.1 Å². The zero-order valence-corrected chi connectivity index (χ0v) is 13.6. The van der Waals surface area contributed by atoms with Crippen molar-refractivity contribution >= 4 is 17.2 Å². The van der Waals surface area contributed by atoms with Crippen LogP contribution >= 0.6 is 11.3 Å². The molecule has 0 bridgehead atoms. The molecular weight excluding hydrogens is 270 g/mol. The fourth-order valence-corrected chi connectivity index (χ4v) is 3.31. The van der Waals surface area contributed by atoms with Crippen LogP contribution in [-0.4, -0.2) is 22.8 Å². The van der Waals surface area contributed by atoms with Gasteiger partial charge >= 0.3 is 0 Å². The van der Waals surface area contributed by atoms with E-state index in [0.29, 0.717) is 19.4 Å². The van der Waals surface area contributed by atoms with Crippen LogP contribution in [0.5, 0.6) is 0 Å². The van der Waals surface area contributed by atoms with Gasteiger partial charge in [-0.3, -0.25) is 4.79 Å². The molecule has 5 heteroatoms. The van der Waals surface area contributed by atoms with Gasteiger partial charge in [0.1, 0.15) is 5.41 Å². The van der Waals surface area contributed by atoms with E-state index < -0.39 is 5.41 Å². The largest absolute Gasteiger partial charge is 0.339 e. The first kappa shape index (κ1) is 16.6. The van der Waals surface area contributed by atoms with Crippen LogP contribution in [0.15, 0.2) is 5.51 Å². The Morgan fingerprint density at radius 1 is 1.45 bits per heavy atom. The van der Waals surface area contributed by atoms with Crippen molar-refractivity contribution in [2.45, 2.75) is 53.0 Å². The first-order valence-electron chi connectivity index (χ1n) is 7.06. The van der Waals surface area contributed by atoms with Crippen LogP contribution in [0.2, 0.25) is 0 Å². The Bertz CT molecular complexity index is 484. The van der Waals surface area contributed by atoms with Crippen molar-refractivity contribution in [2.24, 2.45) is 5.41 Å². The minimum atomic E-state index is -0.864. The minimum Gasteiger partial charge on any atom is -0.339 e. The van der Waals surface area contributed by atoms with Crippen molar-refractivity contribution in [1.82, 2.24) is 9.88 Å². The van der Waals surface area contributed by atoms with E-state index in [1.54, 1.807) is 28.8 Å². The number of carbonyl (C=O) groups excluding carboxylic acids is 1. The fourth-order valence-electron chi connectivity index (χ4n) is 2.48. The van der Waals surface area contributed by atoms with Crippen LogP contribution in [0.3, 0.4) is 0 Å². The molecule has 1 aromatic rings. The second-order valence-electron chi connectivity index (χ2n) is 5.22. The van der Waals surface area contributed by atoms with Gasteiger partial charge in [-0.1, -0.05) is 26.7 Å². The lowest BCUT2D eigenvalue weighted by molar-refractivity contribution is -0.139. The number of hydrogen-bond acceptors (Lipinski definition) is 4. The van der Waals surface area contributed by atoms with E-state index in [0.717, 1.165) is 23.4 Å². The van der Waals surface area contributed by atoms with Gasteiger partial charge in [-0.25, -0.2) is 4.98 Å². The van der Waals surface area contributed by atoms with Gasteiger partial charge in [0.2, 0.25) is 5.91 Å². The summed E-state index contributed by atoms with van der Waals surface area (Å²) in [6, 6.07) is 2.29. The number of nitrogens with zero attached hydrogens (tertiary/aromatic N) is 3. The van der Waals surface area contributed by atoms with Gasteiger partial charge in [-0.15, -0.1) is 11.3 Å². The molecule has 0 aliphatic carbocycles. The molecule has 20 heavy (non-hydrogen) atoms. The number of carbonyl (C=O) groups is 1. The highest BCUT2D eigenvalue weighted by molar-refractivity contribution is 7.09. The first-order chi connectivity index (χ1) is 9.50. The number of hydrogen-bond donors (Lipinski definition) is 0. The predicted octanol–water partition coefficient (Wildman–Crippen LogP) is 3.52. The molecule has 0 spiro atoms. The zero-order chi connectivity index (χ0) is 15.2. The van der Waals surface area contributed by atoms with E-state index in [1.165, 1.54) is 0 Å². The second kappa shape index (κ2) is 7.39. The Balaban J connectivity index is 2.89. The average molecular weight is 293 g/mol. The molecule has 0 saturated carbocycles. The molecule has 110 valence electrons. The number of aromatic nitrogens is 1. The van der Waals surface area contributed by atoms with Gasteiger partial charge in [-0.2, -0.15) is 5.26 Å². The molecule has 0 aliphatic rings. The molecule has 1 amide bonds. The summed E-state index contributed by atoms with van der Waals surface area (Å²) < 4.78 is 0. The number of aryl methyl sites for hydroxylation is 1. The maximum Gasteiger partial charge on any atom is 0.243 e. The zero-order valence-electron chi connectivity index (χ0n) is 12.8. The Labute approximate surface area is 125 Å². The van der Waals surface area contributed by atoms with Crippen LogP contribution in [-0.2, 0) is 11.3 Å². The molecule has 0 atom stereocenters. The molecular formula is C15H23N3OS. The molecule has 1 heterocycles. The Kier molecular flexibility index (Phi) is 6.15. The standard InChI is InChI=1S/C15H23N3OS/c1-5-7-15(10-16,8-6-2)14(19)18(4)9-13-12(3)17-11-20-13/h11H,5-9H2,1-4H3. The Morgan fingerprint density at radius 2 is 2.05 bits per heavy atom. The van der Waals surface area contributed by atoms with Gasteiger partial charge in [-0.05, 0) is 19.8 Å². The van der Waals surface area contributed by atoms with Crippen molar-refractivity contribution in [3.05, 3.63) is 16.1 Å². The Hall–Kier alpha value is -1.41. The molecule has 0 saturated heterocycles. The topological polar surface area (TPSA) is 57.0 Å². The van der Waals surface area contributed by atoms with Crippen molar-refractivity contribution in [3.8, 4) is 6.07 Å². The molecule has 1 rings (SSSR count). The van der Waals surface area contributed by atoms with Crippen molar-refractivity contribution in [1.29, 1.82) is 5.26 Å². The summed E-state index contributed by atoms with van der Waals surface area (Å²) >= 11 is 1.55. The summed E-state index contributed by atoms with van der Waals surface area (Å²) in [5.41, 5.74) is 1.89. The summed E-state index contributed by atoms with van der Waals surface area (Å²) in [5.74, 6) is -0.0588. The molecule has 0 aliphatic heterocycles. The molecule has 4 nitrogen and oxygen atoms in total. The van der Waals surface area contributed by atoms with Gasteiger partial charge in [0.05, 0.1) is 23.8 Å². The minimum absolute atomic E-state index is 0.0588. The Morgan fingerprint density at radius 3 is 2.45 bits per heavy atom. The van der Waals surface area contributed by atoms with Crippen LogP contribution in [0.25, 0.3) is 0 Å². The lowest BCUT2D eigenvalue weighted by atomic mass is 9.79. The van der Waals surface area contributed by atoms with Gasteiger partial charge < -0.3 is 4.90 Å². The highest BCUT2D eigenvalue weighted by Crippen LogP contribution is 2.32. The number of thiazole rings is 1. The summed E-state index contributed by atoms with van der Waals surface area (Å²) in [4.78, 5) is 19.7. The number of nitriles is 1. The fraction of sp³-hybridized carbons (Fsp3) is 0.667. The monoisotopic (exact) mass is 293 g/mol. The van der Waals surface area contributed by atoms with Gasteiger partial charge in [0, 0.05) is 11.9 Å². The summed E-state index contributed by atoms with van der Waals surface area (Å²) in [6.07, 6.45) is 2.93. The second-order valence-corrected chi connectivity index (χ2v) is 6.16. The van der Waals surface area contributed by atoms with Crippen LogP contribution in [0, 0.1) is 23.7 Å². The van der Waals surface area contributed by atoms with Gasteiger partial charge in [0.15, 0.2) is 0 Å². The molecule has 0 radical (unpaired) electrons. The lowest BCUT2D eigenvalue weighted by Gasteiger charge is -2.29. The van der Waals surface area contributed by atoms with Crippen molar-refractivity contribution in [3.63, 3.8) is 0 Å². The summed E-state index contributed by atoms with van der Waals surface area (Å²) in [6.45, 7) is 6.51. The van der Waals surface area contributed by atoms with Crippen LogP contribution in [0.1, 0.15) is 50.1 Å². The van der Waals surface area contributed by atoms with E-state index in [4.69, 9.17) is 0 Å². The number of amides is 1. The predicted molar refractivity (Wildman–Crippen MR) is 81.2 cm³/mol. The van der Waals surface area contributed by atoms with E-state index in [2.05, 4.69) is 11.1 Å². The average Bonchev–Trinajstić information content (AvgIpc) is 2.83.